The van der Waals surface area contributed by atoms with Crippen molar-refractivity contribution >= 4 is 11.9 Å². The van der Waals surface area contributed by atoms with Crippen LogP contribution in [-0.4, -0.2) is 52.4 Å². The molecule has 0 unspecified atom stereocenters. The lowest BCUT2D eigenvalue weighted by molar-refractivity contribution is 0.221. The second-order valence-corrected chi connectivity index (χ2v) is 5.00. The number of unbranched alkanes of at least 4 members (excludes halogenated alkanes) is 1. The maximum Gasteiger partial charge on any atom is 0.323 e. The van der Waals surface area contributed by atoms with Crippen LogP contribution >= 0.6 is 0 Å². The summed E-state index contributed by atoms with van der Waals surface area (Å²) in [5.74, 6) is 1.04. The molecule has 0 amide bonds. The van der Waals surface area contributed by atoms with Gasteiger partial charge in [0.2, 0.25) is 11.9 Å². The van der Waals surface area contributed by atoms with Gasteiger partial charge in [0.25, 0.3) is 0 Å². The summed E-state index contributed by atoms with van der Waals surface area (Å²) >= 11 is 0. The third-order valence-corrected chi connectivity index (χ3v) is 2.71. The van der Waals surface area contributed by atoms with Crippen molar-refractivity contribution in [2.75, 3.05) is 36.5 Å². The molecule has 1 aromatic heterocycles. The Hall–Kier alpha value is -1.63. The van der Waals surface area contributed by atoms with E-state index < -0.39 is 0 Å². The number of rotatable bonds is 10. The van der Waals surface area contributed by atoms with E-state index in [4.69, 9.17) is 4.74 Å². The number of nitrogens with zero attached hydrogens (tertiary/aromatic N) is 4. The van der Waals surface area contributed by atoms with Gasteiger partial charge >= 0.3 is 6.01 Å². The summed E-state index contributed by atoms with van der Waals surface area (Å²) in [5, 5.41) is 12.3. The van der Waals surface area contributed by atoms with Crippen molar-refractivity contribution in [3.05, 3.63) is 0 Å². The second-order valence-electron chi connectivity index (χ2n) is 5.00. The predicted molar refractivity (Wildman–Crippen MR) is 84.0 cm³/mol. The van der Waals surface area contributed by atoms with Gasteiger partial charge in [-0.2, -0.15) is 15.0 Å². The van der Waals surface area contributed by atoms with Gasteiger partial charge in [0, 0.05) is 19.6 Å². The molecule has 0 bridgehead atoms. The average molecular weight is 297 g/mol. The van der Waals surface area contributed by atoms with Gasteiger partial charge in [0.1, 0.15) is 0 Å². The molecule has 0 aliphatic carbocycles. The third kappa shape index (κ3) is 6.12. The highest BCUT2D eigenvalue weighted by atomic mass is 16.5. The molecule has 0 spiro atoms. The summed E-state index contributed by atoms with van der Waals surface area (Å²) < 4.78 is 5.58. The molecule has 0 aliphatic rings. The predicted octanol–water partition coefficient (Wildman–Crippen LogP) is 1.69. The number of aliphatic hydroxyl groups is 1. The second kappa shape index (κ2) is 9.33. The Balaban J connectivity index is 3.01. The molecule has 0 aliphatic heterocycles. The van der Waals surface area contributed by atoms with Crippen LogP contribution in [0.2, 0.25) is 0 Å². The van der Waals surface area contributed by atoms with Gasteiger partial charge in [0.05, 0.1) is 12.7 Å². The van der Waals surface area contributed by atoms with Crippen LogP contribution in [0.15, 0.2) is 0 Å². The normalized spacial score (nSPS) is 10.8. The van der Waals surface area contributed by atoms with E-state index >= 15 is 0 Å². The lowest BCUT2D eigenvalue weighted by Gasteiger charge is -2.22. The highest BCUT2D eigenvalue weighted by molar-refractivity contribution is 5.38. The summed E-state index contributed by atoms with van der Waals surface area (Å²) in [5.41, 5.74) is 0. The number of hydrogen-bond acceptors (Lipinski definition) is 7. The average Bonchev–Trinajstić information content (AvgIpc) is 2.42. The molecule has 0 aromatic carbocycles. The summed E-state index contributed by atoms with van der Waals surface area (Å²) in [6.07, 6.45) is 2.09. The molecule has 0 fully saturated rings. The summed E-state index contributed by atoms with van der Waals surface area (Å²) in [6.45, 7) is 10.0. The molecule has 120 valence electrons. The molecule has 7 heteroatoms. The molecule has 21 heavy (non-hydrogen) atoms. The fraction of sp³-hybridized carbons (Fsp3) is 0.786. The largest absolute Gasteiger partial charge is 0.461 e. The topological polar surface area (TPSA) is 83.4 Å². The van der Waals surface area contributed by atoms with E-state index in [9.17, 15) is 5.11 Å². The van der Waals surface area contributed by atoms with Crippen molar-refractivity contribution in [3.63, 3.8) is 0 Å². The van der Waals surface area contributed by atoms with E-state index in [-0.39, 0.29) is 12.7 Å². The highest BCUT2D eigenvalue weighted by Crippen LogP contribution is 2.16. The van der Waals surface area contributed by atoms with Crippen molar-refractivity contribution in [2.24, 2.45) is 0 Å². The minimum atomic E-state index is -0.00309. The Kier molecular flexibility index (Phi) is 7.74. The minimum absolute atomic E-state index is 0.00309. The zero-order valence-electron chi connectivity index (χ0n) is 13.5. The van der Waals surface area contributed by atoms with Crippen LogP contribution in [0.25, 0.3) is 0 Å². The number of anilines is 2. The van der Waals surface area contributed by atoms with Crippen LogP contribution in [0, 0.1) is 0 Å². The highest BCUT2D eigenvalue weighted by Gasteiger charge is 2.14. The smallest absolute Gasteiger partial charge is 0.323 e. The number of aromatic nitrogens is 3. The first-order valence-electron chi connectivity index (χ1n) is 7.63. The van der Waals surface area contributed by atoms with Gasteiger partial charge in [-0.25, -0.2) is 0 Å². The van der Waals surface area contributed by atoms with Gasteiger partial charge in [-0.3, -0.25) is 0 Å². The Labute approximate surface area is 126 Å². The van der Waals surface area contributed by atoms with Gasteiger partial charge < -0.3 is 20.1 Å². The fourth-order valence-electron chi connectivity index (χ4n) is 1.77. The molecule has 0 saturated carbocycles. The summed E-state index contributed by atoms with van der Waals surface area (Å²) in [6, 6.07) is 0.311. The number of ether oxygens (including phenoxy) is 1. The quantitative estimate of drug-likeness (QED) is 0.680. The number of aliphatic hydroxyl groups excluding tert-OH is 1. The van der Waals surface area contributed by atoms with Crippen LogP contribution in [0.5, 0.6) is 6.01 Å². The summed E-state index contributed by atoms with van der Waals surface area (Å²) in [4.78, 5) is 15.0. The van der Waals surface area contributed by atoms with E-state index in [1.165, 1.54) is 0 Å². The zero-order valence-corrected chi connectivity index (χ0v) is 13.5. The van der Waals surface area contributed by atoms with Crippen molar-refractivity contribution in [2.45, 2.75) is 46.6 Å². The molecular weight excluding hydrogens is 270 g/mol. The van der Waals surface area contributed by atoms with Crippen molar-refractivity contribution in [1.82, 2.24) is 15.0 Å². The molecule has 0 atom stereocenters. The lowest BCUT2D eigenvalue weighted by Crippen LogP contribution is -2.30. The monoisotopic (exact) mass is 297 g/mol. The number of hydrogen-bond donors (Lipinski definition) is 2. The van der Waals surface area contributed by atoms with Crippen LogP contribution in [0.3, 0.4) is 0 Å². The first kappa shape index (κ1) is 17.4. The molecular formula is C14H27N5O2. The van der Waals surface area contributed by atoms with Crippen molar-refractivity contribution in [3.8, 4) is 6.01 Å². The maximum absolute atomic E-state index is 9.23. The molecule has 1 aromatic rings. The first-order chi connectivity index (χ1) is 10.1. The first-order valence-corrected chi connectivity index (χ1v) is 7.63. The maximum atomic E-state index is 9.23. The molecule has 7 nitrogen and oxygen atoms in total. The SMILES string of the molecule is CCCCN(CCO)c1nc(NCC)nc(OC(C)C)n1. The zero-order chi connectivity index (χ0) is 15.7. The Morgan fingerprint density at radius 3 is 2.52 bits per heavy atom. The van der Waals surface area contributed by atoms with E-state index in [0.717, 1.165) is 25.9 Å². The van der Waals surface area contributed by atoms with Crippen molar-refractivity contribution < 1.29 is 9.84 Å². The number of nitrogens with one attached hydrogen (secondary N) is 1. The van der Waals surface area contributed by atoms with E-state index in [2.05, 4.69) is 27.2 Å². The van der Waals surface area contributed by atoms with E-state index in [1.54, 1.807) is 0 Å². The lowest BCUT2D eigenvalue weighted by atomic mass is 10.3. The molecule has 1 rings (SSSR count). The van der Waals surface area contributed by atoms with Crippen LogP contribution in [0.4, 0.5) is 11.9 Å². The van der Waals surface area contributed by atoms with Crippen LogP contribution < -0.4 is 15.0 Å². The standard InChI is InChI=1S/C14H27N5O2/c1-5-7-8-19(9-10-20)13-16-12(15-6-2)17-14(18-13)21-11(3)4/h11,20H,5-10H2,1-4H3,(H,15,16,17,18). The third-order valence-electron chi connectivity index (χ3n) is 2.71. The molecule has 0 radical (unpaired) electrons. The summed E-state index contributed by atoms with van der Waals surface area (Å²) in [7, 11) is 0. The van der Waals surface area contributed by atoms with Gasteiger partial charge in [-0.1, -0.05) is 13.3 Å². The Morgan fingerprint density at radius 1 is 1.19 bits per heavy atom. The minimum Gasteiger partial charge on any atom is -0.461 e. The Bertz CT molecular complexity index is 414. The molecule has 0 saturated heterocycles. The van der Waals surface area contributed by atoms with Crippen molar-refractivity contribution in [1.29, 1.82) is 0 Å². The molecule has 1 heterocycles. The van der Waals surface area contributed by atoms with Gasteiger partial charge in [-0.15, -0.1) is 0 Å². The van der Waals surface area contributed by atoms with Crippen LogP contribution in [-0.2, 0) is 0 Å². The van der Waals surface area contributed by atoms with E-state index in [0.29, 0.717) is 24.5 Å². The fourth-order valence-corrected chi connectivity index (χ4v) is 1.77. The van der Waals surface area contributed by atoms with Gasteiger partial charge in [0.15, 0.2) is 0 Å². The van der Waals surface area contributed by atoms with Crippen LogP contribution in [0.1, 0.15) is 40.5 Å². The Morgan fingerprint density at radius 2 is 1.95 bits per heavy atom. The molecule has 2 N–H and O–H groups in total. The van der Waals surface area contributed by atoms with Gasteiger partial charge in [-0.05, 0) is 27.2 Å². The van der Waals surface area contributed by atoms with E-state index in [1.807, 2.05) is 25.7 Å².